The first-order valence-electron chi connectivity index (χ1n) is 8.34. The maximum Gasteiger partial charge on any atom is 0.230 e. The van der Waals surface area contributed by atoms with Gasteiger partial charge >= 0.3 is 0 Å². The molecular weight excluding hydrogens is 346 g/mol. The number of nitrogens with one attached hydrogen (secondary N) is 1. The van der Waals surface area contributed by atoms with Crippen LogP contribution >= 0.6 is 11.8 Å². The summed E-state index contributed by atoms with van der Waals surface area (Å²) in [7, 11) is 0. The summed E-state index contributed by atoms with van der Waals surface area (Å²) < 4.78 is 1.90. The molecular formula is C19H21N5OS. The first-order valence-corrected chi connectivity index (χ1v) is 9.33. The summed E-state index contributed by atoms with van der Waals surface area (Å²) in [6.07, 6.45) is 5.14. The van der Waals surface area contributed by atoms with E-state index in [1.165, 1.54) is 22.9 Å². The molecule has 0 radical (unpaired) electrons. The minimum absolute atomic E-state index is 0.0546. The molecule has 0 bridgehead atoms. The van der Waals surface area contributed by atoms with E-state index in [1.807, 2.05) is 29.7 Å². The lowest BCUT2D eigenvalue weighted by Gasteiger charge is -2.13. The second kappa shape index (κ2) is 8.14. The van der Waals surface area contributed by atoms with E-state index >= 15 is 0 Å². The number of carbonyl (C=O) groups excluding carboxylic acids is 1. The molecule has 0 saturated carbocycles. The highest BCUT2D eigenvalue weighted by molar-refractivity contribution is 7.99. The van der Waals surface area contributed by atoms with E-state index in [4.69, 9.17) is 0 Å². The van der Waals surface area contributed by atoms with Gasteiger partial charge in [-0.25, -0.2) is 0 Å². The standard InChI is InChI=1S/C19H21N5OS/c1-13-6-7-17(9-14(13)2)24-12-21-23-19(24)26-11-18(25)22-15(3)16-5-4-8-20-10-16/h4-10,12,15H,11H2,1-3H3,(H,22,25). The van der Waals surface area contributed by atoms with Crippen molar-refractivity contribution in [3.8, 4) is 5.69 Å². The number of thioether (sulfide) groups is 1. The number of benzene rings is 1. The van der Waals surface area contributed by atoms with Crippen LogP contribution in [-0.2, 0) is 4.79 Å². The minimum Gasteiger partial charge on any atom is -0.349 e. The van der Waals surface area contributed by atoms with Gasteiger partial charge in [0.2, 0.25) is 5.91 Å². The van der Waals surface area contributed by atoms with Gasteiger partial charge in [-0.15, -0.1) is 10.2 Å². The van der Waals surface area contributed by atoms with Gasteiger partial charge in [-0.2, -0.15) is 0 Å². The molecule has 1 N–H and O–H groups in total. The van der Waals surface area contributed by atoms with Crippen LogP contribution in [0.1, 0.15) is 29.7 Å². The molecule has 1 aromatic carbocycles. The maximum absolute atomic E-state index is 12.3. The van der Waals surface area contributed by atoms with Crippen LogP contribution < -0.4 is 5.32 Å². The van der Waals surface area contributed by atoms with E-state index in [-0.39, 0.29) is 17.7 Å². The number of pyridine rings is 1. The van der Waals surface area contributed by atoms with Crippen LogP contribution in [0.15, 0.2) is 54.2 Å². The van der Waals surface area contributed by atoms with E-state index < -0.39 is 0 Å². The third kappa shape index (κ3) is 4.29. The molecule has 1 atom stereocenters. The fourth-order valence-corrected chi connectivity index (χ4v) is 3.24. The Morgan fingerprint density at radius 3 is 2.85 bits per heavy atom. The summed E-state index contributed by atoms with van der Waals surface area (Å²) in [5.41, 5.74) is 4.41. The summed E-state index contributed by atoms with van der Waals surface area (Å²) in [6.45, 7) is 6.09. The number of hydrogen-bond donors (Lipinski definition) is 1. The Kier molecular flexibility index (Phi) is 5.68. The van der Waals surface area contributed by atoms with Gasteiger partial charge in [0.15, 0.2) is 5.16 Å². The monoisotopic (exact) mass is 367 g/mol. The first-order chi connectivity index (χ1) is 12.5. The minimum atomic E-state index is -0.0885. The van der Waals surface area contributed by atoms with E-state index in [0.29, 0.717) is 5.16 Å². The quantitative estimate of drug-likeness (QED) is 0.677. The molecule has 3 rings (SSSR count). The zero-order valence-electron chi connectivity index (χ0n) is 15.0. The van der Waals surface area contributed by atoms with E-state index in [0.717, 1.165) is 11.3 Å². The van der Waals surface area contributed by atoms with Gasteiger partial charge < -0.3 is 5.32 Å². The number of carbonyl (C=O) groups is 1. The Morgan fingerprint density at radius 1 is 1.27 bits per heavy atom. The second-order valence-electron chi connectivity index (χ2n) is 6.12. The number of hydrogen-bond acceptors (Lipinski definition) is 5. The molecule has 7 heteroatoms. The highest BCUT2D eigenvalue weighted by Gasteiger charge is 2.13. The predicted molar refractivity (Wildman–Crippen MR) is 102 cm³/mol. The van der Waals surface area contributed by atoms with Crippen molar-refractivity contribution < 1.29 is 4.79 Å². The molecule has 1 unspecified atom stereocenters. The lowest BCUT2D eigenvalue weighted by atomic mass is 10.1. The predicted octanol–water partition coefficient (Wildman–Crippen LogP) is 3.25. The molecule has 0 fully saturated rings. The second-order valence-corrected chi connectivity index (χ2v) is 7.06. The molecule has 2 aromatic heterocycles. The first kappa shape index (κ1) is 18.1. The Bertz CT molecular complexity index is 894. The summed E-state index contributed by atoms with van der Waals surface area (Å²) in [4.78, 5) is 16.3. The van der Waals surface area contributed by atoms with Crippen molar-refractivity contribution in [2.45, 2.75) is 32.0 Å². The van der Waals surface area contributed by atoms with E-state index in [9.17, 15) is 4.79 Å². The zero-order valence-corrected chi connectivity index (χ0v) is 15.8. The van der Waals surface area contributed by atoms with Crippen LogP contribution in [0.4, 0.5) is 0 Å². The third-order valence-electron chi connectivity index (χ3n) is 4.18. The Labute approximate surface area is 157 Å². The molecule has 0 saturated heterocycles. The van der Waals surface area contributed by atoms with Crippen molar-refractivity contribution in [3.63, 3.8) is 0 Å². The van der Waals surface area contributed by atoms with Crippen molar-refractivity contribution in [1.29, 1.82) is 0 Å². The smallest absolute Gasteiger partial charge is 0.230 e. The van der Waals surface area contributed by atoms with E-state index in [2.05, 4.69) is 46.5 Å². The average molecular weight is 367 g/mol. The SMILES string of the molecule is Cc1ccc(-n2cnnc2SCC(=O)NC(C)c2cccnc2)cc1C. The fourth-order valence-electron chi connectivity index (χ4n) is 2.50. The Balaban J connectivity index is 1.63. The van der Waals surface area contributed by atoms with Crippen LogP contribution in [0, 0.1) is 13.8 Å². The molecule has 1 amide bonds. The van der Waals surface area contributed by atoms with Crippen molar-refractivity contribution in [3.05, 3.63) is 65.7 Å². The van der Waals surface area contributed by atoms with Gasteiger partial charge in [-0.1, -0.05) is 23.9 Å². The number of amides is 1. The molecule has 2 heterocycles. The summed E-state index contributed by atoms with van der Waals surface area (Å²) in [5, 5.41) is 11.8. The topological polar surface area (TPSA) is 72.7 Å². The van der Waals surface area contributed by atoms with Gasteiger partial charge in [0.1, 0.15) is 6.33 Å². The molecule has 0 spiro atoms. The molecule has 0 aliphatic heterocycles. The number of aromatic nitrogens is 4. The van der Waals surface area contributed by atoms with Crippen molar-refractivity contribution in [2.24, 2.45) is 0 Å². The Hall–Kier alpha value is -2.67. The highest BCUT2D eigenvalue weighted by Crippen LogP contribution is 2.21. The highest BCUT2D eigenvalue weighted by atomic mass is 32.2. The van der Waals surface area contributed by atoms with Crippen LogP contribution in [0.3, 0.4) is 0 Å². The van der Waals surface area contributed by atoms with Crippen LogP contribution in [0.5, 0.6) is 0 Å². The largest absolute Gasteiger partial charge is 0.349 e. The van der Waals surface area contributed by atoms with Crippen molar-refractivity contribution in [2.75, 3.05) is 5.75 Å². The van der Waals surface area contributed by atoms with Crippen LogP contribution in [-0.4, -0.2) is 31.4 Å². The van der Waals surface area contributed by atoms with Gasteiger partial charge in [-0.05, 0) is 55.7 Å². The normalized spacial score (nSPS) is 12.0. The molecule has 0 aliphatic carbocycles. The fraction of sp³-hybridized carbons (Fsp3) is 0.263. The van der Waals surface area contributed by atoms with Crippen LogP contribution in [0.25, 0.3) is 5.69 Å². The lowest BCUT2D eigenvalue weighted by Crippen LogP contribution is -2.28. The average Bonchev–Trinajstić information content (AvgIpc) is 3.11. The summed E-state index contributed by atoms with van der Waals surface area (Å²) in [5.74, 6) is 0.217. The lowest BCUT2D eigenvalue weighted by molar-refractivity contribution is -0.119. The zero-order chi connectivity index (χ0) is 18.5. The van der Waals surface area contributed by atoms with Crippen molar-refractivity contribution >= 4 is 17.7 Å². The maximum atomic E-state index is 12.3. The molecule has 26 heavy (non-hydrogen) atoms. The Morgan fingerprint density at radius 2 is 2.12 bits per heavy atom. The van der Waals surface area contributed by atoms with Gasteiger partial charge in [0, 0.05) is 18.1 Å². The van der Waals surface area contributed by atoms with Gasteiger partial charge in [0.25, 0.3) is 0 Å². The van der Waals surface area contributed by atoms with E-state index in [1.54, 1.807) is 18.7 Å². The molecule has 3 aromatic rings. The third-order valence-corrected chi connectivity index (χ3v) is 5.12. The molecule has 6 nitrogen and oxygen atoms in total. The molecule has 0 aliphatic rings. The summed E-state index contributed by atoms with van der Waals surface area (Å²) in [6, 6.07) is 9.91. The van der Waals surface area contributed by atoms with Gasteiger partial charge in [0.05, 0.1) is 11.8 Å². The number of aryl methyl sites for hydroxylation is 2. The number of nitrogens with zero attached hydrogens (tertiary/aromatic N) is 4. The molecule has 134 valence electrons. The number of rotatable bonds is 6. The summed E-state index contributed by atoms with van der Waals surface area (Å²) >= 11 is 1.37. The van der Waals surface area contributed by atoms with Gasteiger partial charge in [-0.3, -0.25) is 14.3 Å². The van der Waals surface area contributed by atoms with Crippen molar-refractivity contribution in [1.82, 2.24) is 25.1 Å². The van der Waals surface area contributed by atoms with Crippen LogP contribution in [0.2, 0.25) is 0 Å².